The molecular weight excluding hydrogens is 1020 g/mol. The summed E-state index contributed by atoms with van der Waals surface area (Å²) in [5.74, 6) is 0. The molecule has 0 saturated heterocycles. The number of benzene rings is 13. The molecular formula is C78H52N4O2. The van der Waals surface area contributed by atoms with Crippen LogP contribution in [0.2, 0.25) is 0 Å². The van der Waals surface area contributed by atoms with Crippen LogP contribution in [0.5, 0.6) is 0 Å². The Labute approximate surface area is 484 Å². The van der Waals surface area contributed by atoms with Crippen LogP contribution in [0.3, 0.4) is 0 Å². The topological polar surface area (TPSA) is 42.6 Å². The molecule has 17 aromatic rings. The number of nitrogens with zero attached hydrogens (tertiary/aromatic N) is 4. The highest BCUT2D eigenvalue weighted by Crippen LogP contribution is 2.48. The molecule has 4 heterocycles. The van der Waals surface area contributed by atoms with Crippen molar-refractivity contribution in [3.8, 4) is 22.5 Å². The Morgan fingerprint density at radius 3 is 1.14 bits per heavy atom. The Morgan fingerprint density at radius 2 is 0.643 bits per heavy atom. The van der Waals surface area contributed by atoms with Crippen molar-refractivity contribution in [2.45, 2.75) is 13.8 Å². The first-order valence-electron chi connectivity index (χ1n) is 28.7. The number of furan rings is 2. The maximum absolute atomic E-state index is 6.43. The Balaban J connectivity index is 0.835. The fourth-order valence-corrected chi connectivity index (χ4v) is 13.6. The molecule has 0 aliphatic rings. The lowest BCUT2D eigenvalue weighted by Gasteiger charge is -2.29. The first-order chi connectivity index (χ1) is 41.5. The Hall–Kier alpha value is -11.1. The number of anilines is 6. The highest BCUT2D eigenvalue weighted by Gasteiger charge is 2.25. The van der Waals surface area contributed by atoms with Crippen molar-refractivity contribution in [2.75, 3.05) is 9.80 Å². The maximum Gasteiger partial charge on any atom is 0.135 e. The first kappa shape index (κ1) is 47.7. The van der Waals surface area contributed by atoms with E-state index in [1.807, 2.05) is 18.2 Å². The second kappa shape index (κ2) is 18.7. The minimum atomic E-state index is 0.860. The van der Waals surface area contributed by atoms with Gasteiger partial charge in [0, 0.05) is 88.3 Å². The van der Waals surface area contributed by atoms with Gasteiger partial charge < -0.3 is 27.8 Å². The number of hydrogen-bond acceptors (Lipinski definition) is 4. The minimum absolute atomic E-state index is 0.860. The van der Waals surface area contributed by atoms with Crippen molar-refractivity contribution < 1.29 is 8.83 Å². The fraction of sp³-hybridized carbons (Fsp3) is 0.0256. The van der Waals surface area contributed by atoms with E-state index >= 15 is 0 Å². The van der Waals surface area contributed by atoms with E-state index in [0.29, 0.717) is 0 Å². The van der Waals surface area contributed by atoms with Crippen LogP contribution < -0.4 is 9.80 Å². The van der Waals surface area contributed by atoms with Crippen LogP contribution in [0.15, 0.2) is 288 Å². The van der Waals surface area contributed by atoms with Crippen LogP contribution in [0.4, 0.5) is 34.1 Å². The molecule has 0 saturated carbocycles. The van der Waals surface area contributed by atoms with Crippen molar-refractivity contribution in [3.05, 3.63) is 290 Å². The van der Waals surface area contributed by atoms with Crippen LogP contribution in [0.1, 0.15) is 11.1 Å². The van der Waals surface area contributed by atoms with Gasteiger partial charge >= 0.3 is 0 Å². The summed E-state index contributed by atoms with van der Waals surface area (Å²) in [7, 11) is 0. The molecule has 0 amide bonds. The predicted octanol–water partition coefficient (Wildman–Crippen LogP) is 22.1. The zero-order chi connectivity index (χ0) is 55.6. The van der Waals surface area contributed by atoms with Gasteiger partial charge in [0.05, 0.1) is 27.8 Å². The van der Waals surface area contributed by atoms with E-state index in [1.54, 1.807) is 0 Å². The molecule has 0 spiro atoms. The van der Waals surface area contributed by atoms with Gasteiger partial charge in [-0.05, 0) is 169 Å². The molecule has 0 radical (unpaired) electrons. The molecule has 17 rings (SSSR count). The fourth-order valence-electron chi connectivity index (χ4n) is 13.6. The lowest BCUT2D eigenvalue weighted by molar-refractivity contribution is 0.668. The standard InChI is InChI=1S/C78H52N4O2/c1-49-43-55(79(56-38-41-76-67(47-56)64-28-9-15-35-74(64)83-76)51-19-17-21-53(45-51)81-69-31-11-5-23-59(69)60-24-6-12-32-70(60)81)37-40-58(49)78-50(2)44-73(63-27-3-4-30-66(63)78)80(57-39-42-77-68(48-57)65-29-10-16-36-75(65)84-77)52-20-18-22-54(46-52)82-71-33-13-7-25-61(71)62-26-8-14-34-72(62)82/h3-48H,1-2H3. The quantitative estimate of drug-likeness (QED) is 0.144. The van der Waals surface area contributed by atoms with E-state index < -0.39 is 0 Å². The van der Waals surface area contributed by atoms with E-state index in [0.717, 1.165) is 94.8 Å². The zero-order valence-electron chi connectivity index (χ0n) is 46.2. The van der Waals surface area contributed by atoms with Gasteiger partial charge in [0.1, 0.15) is 22.3 Å². The third-order valence-electron chi connectivity index (χ3n) is 17.3. The summed E-state index contributed by atoms with van der Waals surface area (Å²) in [6, 6.07) is 101. The van der Waals surface area contributed by atoms with Crippen molar-refractivity contribution >= 4 is 132 Å². The van der Waals surface area contributed by atoms with E-state index in [4.69, 9.17) is 8.83 Å². The monoisotopic (exact) mass is 1080 g/mol. The van der Waals surface area contributed by atoms with Gasteiger partial charge in [0.25, 0.3) is 0 Å². The number of aryl methyl sites for hydroxylation is 2. The summed E-state index contributed by atoms with van der Waals surface area (Å²) < 4.78 is 17.6. The van der Waals surface area contributed by atoms with Crippen molar-refractivity contribution in [1.29, 1.82) is 0 Å². The Morgan fingerprint density at radius 1 is 0.262 bits per heavy atom. The van der Waals surface area contributed by atoms with Crippen LogP contribution in [0, 0.1) is 13.8 Å². The zero-order valence-corrected chi connectivity index (χ0v) is 46.2. The van der Waals surface area contributed by atoms with Gasteiger partial charge in [-0.3, -0.25) is 0 Å². The lowest BCUT2D eigenvalue weighted by Crippen LogP contribution is -2.12. The predicted molar refractivity (Wildman–Crippen MR) is 351 cm³/mol. The third kappa shape index (κ3) is 7.37. The minimum Gasteiger partial charge on any atom is -0.456 e. The van der Waals surface area contributed by atoms with Crippen LogP contribution in [-0.2, 0) is 0 Å². The molecule has 0 aliphatic heterocycles. The summed E-state index contributed by atoms with van der Waals surface area (Å²) >= 11 is 0. The second-order valence-electron chi connectivity index (χ2n) is 22.1. The van der Waals surface area contributed by atoms with E-state index in [-0.39, 0.29) is 0 Å². The first-order valence-corrected chi connectivity index (χ1v) is 28.7. The number of hydrogen-bond donors (Lipinski definition) is 0. The van der Waals surface area contributed by atoms with Crippen LogP contribution in [-0.4, -0.2) is 9.13 Å². The molecule has 0 atom stereocenters. The van der Waals surface area contributed by atoms with Gasteiger partial charge in [-0.15, -0.1) is 0 Å². The number of para-hydroxylation sites is 6. The van der Waals surface area contributed by atoms with E-state index in [2.05, 4.69) is 294 Å². The van der Waals surface area contributed by atoms with Gasteiger partial charge in [0.15, 0.2) is 0 Å². The molecule has 4 aromatic heterocycles. The highest BCUT2D eigenvalue weighted by molar-refractivity contribution is 6.13. The SMILES string of the molecule is Cc1cc(N(c2cccc(-n3c4ccccc4c4ccccc43)c2)c2ccc3oc4ccccc4c3c2)ccc1-c1c(C)cc(N(c2cccc(-n3c4ccccc4c4ccccc43)c2)c2ccc3oc4ccccc4c3c2)c2ccccc12. The Kier molecular flexibility index (Phi) is 10.6. The molecule has 13 aromatic carbocycles. The summed E-state index contributed by atoms with van der Waals surface area (Å²) in [4.78, 5) is 4.84. The number of aromatic nitrogens is 2. The normalized spacial score (nSPS) is 11.9. The lowest BCUT2D eigenvalue weighted by atomic mass is 9.89. The van der Waals surface area contributed by atoms with Gasteiger partial charge in [0.2, 0.25) is 0 Å². The maximum atomic E-state index is 6.43. The van der Waals surface area contributed by atoms with Gasteiger partial charge in [-0.25, -0.2) is 0 Å². The van der Waals surface area contributed by atoms with Gasteiger partial charge in [-0.1, -0.05) is 152 Å². The Bertz CT molecular complexity index is 5410. The molecule has 396 valence electrons. The molecule has 0 fully saturated rings. The average Bonchev–Trinajstić information content (AvgIpc) is 4.31. The summed E-state index contributed by atoms with van der Waals surface area (Å²) in [6.07, 6.45) is 0. The van der Waals surface area contributed by atoms with E-state index in [9.17, 15) is 0 Å². The van der Waals surface area contributed by atoms with Crippen LogP contribution in [0.25, 0.3) is 121 Å². The summed E-state index contributed by atoms with van der Waals surface area (Å²) in [6.45, 7) is 4.53. The summed E-state index contributed by atoms with van der Waals surface area (Å²) in [5.41, 5.74) is 21.4. The largest absolute Gasteiger partial charge is 0.456 e. The van der Waals surface area contributed by atoms with Crippen LogP contribution >= 0.6 is 0 Å². The van der Waals surface area contributed by atoms with E-state index in [1.165, 1.54) is 71.3 Å². The molecule has 84 heavy (non-hydrogen) atoms. The molecule has 6 heteroatoms. The van der Waals surface area contributed by atoms with Crippen molar-refractivity contribution in [2.24, 2.45) is 0 Å². The van der Waals surface area contributed by atoms with Crippen molar-refractivity contribution in [3.63, 3.8) is 0 Å². The van der Waals surface area contributed by atoms with Gasteiger partial charge in [-0.2, -0.15) is 0 Å². The van der Waals surface area contributed by atoms with Crippen molar-refractivity contribution in [1.82, 2.24) is 9.13 Å². The molecule has 0 N–H and O–H groups in total. The molecule has 0 unspecified atom stereocenters. The average molecular weight is 1080 g/mol. The highest BCUT2D eigenvalue weighted by atomic mass is 16.3. The smallest absolute Gasteiger partial charge is 0.135 e. The summed E-state index contributed by atoms with van der Waals surface area (Å²) in [5, 5.41) is 11.6. The molecule has 0 aliphatic carbocycles. The number of rotatable bonds is 9. The third-order valence-corrected chi connectivity index (χ3v) is 17.3. The molecule has 6 nitrogen and oxygen atoms in total. The second-order valence-corrected chi connectivity index (χ2v) is 22.1. The number of fused-ring (bicyclic) bond motifs is 13. The molecule has 0 bridgehead atoms.